The number of anilines is 1. The molecule has 0 aromatic heterocycles. The topological polar surface area (TPSA) is 87.7 Å². The lowest BCUT2D eigenvalue weighted by Crippen LogP contribution is -2.40. The summed E-state index contributed by atoms with van der Waals surface area (Å²) in [7, 11) is 1.55. The summed E-state index contributed by atoms with van der Waals surface area (Å²) in [5.74, 6) is -0.188. The number of benzene rings is 2. The minimum absolute atomic E-state index is 0.0293. The molecule has 2 rings (SSSR count). The van der Waals surface area contributed by atoms with Crippen LogP contribution in [0.3, 0.4) is 0 Å². The van der Waals surface area contributed by atoms with Crippen molar-refractivity contribution in [1.29, 1.82) is 0 Å². The molecule has 0 bridgehead atoms. The fourth-order valence-corrected chi connectivity index (χ4v) is 3.07. The number of hydrogen-bond acceptors (Lipinski definition) is 4. The Hall–Kier alpha value is -3.06. The number of methoxy groups -OCH3 is 1. The van der Waals surface area contributed by atoms with Gasteiger partial charge in [0.05, 0.1) is 26.1 Å². The minimum atomic E-state index is -0.511. The van der Waals surface area contributed by atoms with Crippen LogP contribution in [-0.4, -0.2) is 42.8 Å². The van der Waals surface area contributed by atoms with Gasteiger partial charge < -0.3 is 20.3 Å². The van der Waals surface area contributed by atoms with E-state index in [2.05, 4.69) is 10.6 Å². The second-order valence-corrected chi connectivity index (χ2v) is 7.13. The van der Waals surface area contributed by atoms with E-state index < -0.39 is 6.04 Å². The molecule has 1 atom stereocenters. The van der Waals surface area contributed by atoms with Gasteiger partial charge in [-0.15, -0.1) is 0 Å². The highest BCUT2D eigenvalue weighted by Gasteiger charge is 2.22. The number of rotatable bonds is 9. The van der Waals surface area contributed by atoms with Gasteiger partial charge in [0, 0.05) is 30.2 Å². The highest BCUT2D eigenvalue weighted by Crippen LogP contribution is 2.21. The summed E-state index contributed by atoms with van der Waals surface area (Å²) in [6.07, 6.45) is 0.0293. The van der Waals surface area contributed by atoms with Crippen molar-refractivity contribution in [3.8, 4) is 5.75 Å². The number of nitrogens with zero attached hydrogens (tertiary/aromatic N) is 1. The number of carbonyl (C=O) groups excluding carboxylic acids is 3. The molecule has 0 saturated carbocycles. The number of carbonyl (C=O) groups is 3. The van der Waals surface area contributed by atoms with E-state index in [-0.39, 0.29) is 30.7 Å². The first kappa shape index (κ1) is 23.2. The fourth-order valence-electron chi connectivity index (χ4n) is 2.95. The van der Waals surface area contributed by atoms with Crippen molar-refractivity contribution < 1.29 is 19.1 Å². The van der Waals surface area contributed by atoms with Crippen molar-refractivity contribution in [3.63, 3.8) is 0 Å². The van der Waals surface area contributed by atoms with Crippen LogP contribution in [0.2, 0.25) is 5.02 Å². The van der Waals surface area contributed by atoms with Gasteiger partial charge in [-0.1, -0.05) is 29.8 Å². The summed E-state index contributed by atoms with van der Waals surface area (Å²) in [6, 6.07) is 13.4. The molecule has 0 radical (unpaired) electrons. The summed E-state index contributed by atoms with van der Waals surface area (Å²) in [5.41, 5.74) is 1.35. The van der Waals surface area contributed by atoms with Crippen LogP contribution in [0.15, 0.2) is 48.5 Å². The Morgan fingerprint density at radius 3 is 2.43 bits per heavy atom. The number of hydrogen-bond donors (Lipinski definition) is 2. The van der Waals surface area contributed by atoms with E-state index in [4.69, 9.17) is 16.3 Å². The molecule has 2 aromatic rings. The van der Waals surface area contributed by atoms with Gasteiger partial charge >= 0.3 is 0 Å². The maximum Gasteiger partial charge on any atom is 0.243 e. The summed E-state index contributed by atoms with van der Waals surface area (Å²) in [5, 5.41) is 6.12. The minimum Gasteiger partial charge on any atom is -0.497 e. The predicted octanol–water partition coefficient (Wildman–Crippen LogP) is 3.40. The van der Waals surface area contributed by atoms with E-state index in [0.717, 1.165) is 5.56 Å². The smallest absolute Gasteiger partial charge is 0.243 e. The standard InChI is InChI=1S/C22H26ClN3O4/c1-4-26(14-21(28)25-18-6-5-7-19(12-18)30-3)22(29)13-20(24-15(2)27)16-8-10-17(23)11-9-16/h5-12,20H,4,13-14H2,1-3H3,(H,24,27)(H,25,28). The zero-order valence-electron chi connectivity index (χ0n) is 17.3. The molecule has 0 aliphatic rings. The van der Waals surface area contributed by atoms with Crippen LogP contribution in [0, 0.1) is 0 Å². The van der Waals surface area contributed by atoms with E-state index in [1.165, 1.54) is 11.8 Å². The maximum absolute atomic E-state index is 12.8. The van der Waals surface area contributed by atoms with Crippen molar-refractivity contribution in [1.82, 2.24) is 10.2 Å². The monoisotopic (exact) mass is 431 g/mol. The van der Waals surface area contributed by atoms with E-state index >= 15 is 0 Å². The van der Waals surface area contributed by atoms with E-state index in [0.29, 0.717) is 23.0 Å². The van der Waals surface area contributed by atoms with Crippen molar-refractivity contribution >= 4 is 35.0 Å². The van der Waals surface area contributed by atoms with Crippen LogP contribution in [0.5, 0.6) is 5.75 Å². The molecular weight excluding hydrogens is 406 g/mol. The van der Waals surface area contributed by atoms with Crippen molar-refractivity contribution in [3.05, 3.63) is 59.1 Å². The SMILES string of the molecule is CCN(CC(=O)Nc1cccc(OC)c1)C(=O)CC(NC(C)=O)c1ccc(Cl)cc1. The Balaban J connectivity index is 2.04. The lowest BCUT2D eigenvalue weighted by molar-refractivity contribution is -0.135. The Morgan fingerprint density at radius 1 is 1.13 bits per heavy atom. The van der Waals surface area contributed by atoms with E-state index in [9.17, 15) is 14.4 Å². The van der Waals surface area contributed by atoms with Crippen molar-refractivity contribution in [2.45, 2.75) is 26.3 Å². The van der Waals surface area contributed by atoms with Gasteiger partial charge in [0.15, 0.2) is 0 Å². The molecule has 0 aliphatic heterocycles. The van der Waals surface area contributed by atoms with E-state index in [1.54, 1.807) is 62.6 Å². The predicted molar refractivity (Wildman–Crippen MR) is 117 cm³/mol. The zero-order valence-corrected chi connectivity index (χ0v) is 18.0. The van der Waals surface area contributed by atoms with Gasteiger partial charge in [-0.2, -0.15) is 0 Å². The number of ether oxygens (including phenoxy) is 1. The molecule has 2 N–H and O–H groups in total. The highest BCUT2D eigenvalue weighted by atomic mass is 35.5. The third kappa shape index (κ3) is 7.08. The summed E-state index contributed by atoms with van der Waals surface area (Å²) >= 11 is 5.93. The molecule has 8 heteroatoms. The van der Waals surface area contributed by atoms with Gasteiger partial charge in [0.25, 0.3) is 0 Å². The highest BCUT2D eigenvalue weighted by molar-refractivity contribution is 6.30. The second kappa shape index (κ2) is 11.2. The molecule has 7 nitrogen and oxygen atoms in total. The fraction of sp³-hybridized carbons (Fsp3) is 0.318. The quantitative estimate of drug-likeness (QED) is 0.637. The maximum atomic E-state index is 12.8. The van der Waals surface area contributed by atoms with Crippen LogP contribution in [-0.2, 0) is 14.4 Å². The van der Waals surface area contributed by atoms with Gasteiger partial charge in [-0.25, -0.2) is 0 Å². The zero-order chi connectivity index (χ0) is 22.1. The molecule has 2 aromatic carbocycles. The van der Waals surface area contributed by atoms with Crippen molar-refractivity contribution in [2.24, 2.45) is 0 Å². The largest absolute Gasteiger partial charge is 0.497 e. The number of nitrogens with one attached hydrogen (secondary N) is 2. The lowest BCUT2D eigenvalue weighted by atomic mass is 10.0. The van der Waals surface area contributed by atoms with Crippen LogP contribution in [0.4, 0.5) is 5.69 Å². The third-order valence-electron chi connectivity index (χ3n) is 4.45. The second-order valence-electron chi connectivity index (χ2n) is 6.70. The third-order valence-corrected chi connectivity index (χ3v) is 4.70. The normalized spacial score (nSPS) is 11.3. The average Bonchev–Trinajstić information content (AvgIpc) is 2.71. The van der Waals surface area contributed by atoms with Crippen molar-refractivity contribution in [2.75, 3.05) is 25.5 Å². The van der Waals surface area contributed by atoms with Gasteiger partial charge in [0.1, 0.15) is 5.75 Å². The number of likely N-dealkylation sites (N-methyl/N-ethyl adjacent to an activating group) is 1. The number of amides is 3. The molecule has 0 fully saturated rings. The first-order valence-corrected chi connectivity index (χ1v) is 9.94. The Morgan fingerprint density at radius 2 is 1.83 bits per heavy atom. The lowest BCUT2D eigenvalue weighted by Gasteiger charge is -2.24. The van der Waals surface area contributed by atoms with E-state index in [1.807, 2.05) is 0 Å². The molecule has 30 heavy (non-hydrogen) atoms. The number of halogens is 1. The average molecular weight is 432 g/mol. The molecule has 160 valence electrons. The van der Waals surface area contributed by atoms with Gasteiger partial charge in [-0.05, 0) is 36.8 Å². The Kier molecular flexibility index (Phi) is 8.68. The van der Waals surface area contributed by atoms with Gasteiger partial charge in [0.2, 0.25) is 17.7 Å². The van der Waals surface area contributed by atoms with Crippen LogP contribution < -0.4 is 15.4 Å². The first-order valence-electron chi connectivity index (χ1n) is 9.56. The molecule has 1 unspecified atom stereocenters. The summed E-state index contributed by atoms with van der Waals surface area (Å²) < 4.78 is 5.14. The molecule has 0 aliphatic carbocycles. The molecule has 0 spiro atoms. The molecule has 0 heterocycles. The summed E-state index contributed by atoms with van der Waals surface area (Å²) in [6.45, 7) is 3.46. The molecule has 0 saturated heterocycles. The Labute approximate surface area is 181 Å². The first-order chi connectivity index (χ1) is 14.3. The van der Waals surface area contributed by atoms with Gasteiger partial charge in [-0.3, -0.25) is 14.4 Å². The van der Waals surface area contributed by atoms with Crippen LogP contribution in [0.25, 0.3) is 0 Å². The Bertz CT molecular complexity index is 886. The van der Waals surface area contributed by atoms with Crippen LogP contribution in [0.1, 0.15) is 31.9 Å². The molecule has 3 amide bonds. The molecular formula is C22H26ClN3O4. The summed E-state index contributed by atoms with van der Waals surface area (Å²) in [4.78, 5) is 38.3. The van der Waals surface area contributed by atoms with Crippen LogP contribution >= 0.6 is 11.6 Å².